The van der Waals surface area contributed by atoms with E-state index in [4.69, 9.17) is 4.52 Å². The van der Waals surface area contributed by atoms with Crippen LogP contribution in [0.15, 0.2) is 10.7 Å². The van der Waals surface area contributed by atoms with Gasteiger partial charge in [-0.3, -0.25) is 0 Å². The molecule has 3 rings (SSSR count). The van der Waals surface area contributed by atoms with Gasteiger partial charge < -0.3 is 4.52 Å². The van der Waals surface area contributed by atoms with Crippen molar-refractivity contribution in [2.45, 2.75) is 38.5 Å². The molecule has 1 aliphatic rings. The van der Waals surface area contributed by atoms with E-state index in [1.807, 2.05) is 0 Å². The maximum absolute atomic E-state index is 5.47. The molecule has 0 amide bonds. The van der Waals surface area contributed by atoms with E-state index in [0.717, 1.165) is 22.7 Å². The van der Waals surface area contributed by atoms with Gasteiger partial charge in [-0.1, -0.05) is 19.0 Å². The van der Waals surface area contributed by atoms with Crippen molar-refractivity contribution in [3.63, 3.8) is 0 Å². The van der Waals surface area contributed by atoms with E-state index >= 15 is 0 Å². The maximum Gasteiger partial charge on any atom is 0.149 e. The van der Waals surface area contributed by atoms with Gasteiger partial charge in [0.25, 0.3) is 0 Å². The van der Waals surface area contributed by atoms with Gasteiger partial charge in [-0.05, 0) is 18.8 Å². The van der Waals surface area contributed by atoms with Gasteiger partial charge in [0.1, 0.15) is 11.5 Å². The molecule has 0 saturated heterocycles. The highest BCUT2D eigenvalue weighted by molar-refractivity contribution is 5.65. The average molecular weight is 218 g/mol. The molecule has 2 heterocycles. The molecule has 0 aliphatic heterocycles. The first-order chi connectivity index (χ1) is 7.77. The van der Waals surface area contributed by atoms with E-state index in [0.29, 0.717) is 11.8 Å². The summed E-state index contributed by atoms with van der Waals surface area (Å²) in [5.74, 6) is 1.85. The van der Waals surface area contributed by atoms with E-state index in [2.05, 4.69) is 34.4 Å². The third-order valence-electron chi connectivity index (χ3n) is 2.91. The lowest BCUT2D eigenvalue weighted by molar-refractivity contribution is 0.376. The van der Waals surface area contributed by atoms with Crippen molar-refractivity contribution in [2.24, 2.45) is 0 Å². The van der Waals surface area contributed by atoms with E-state index in [9.17, 15) is 0 Å². The summed E-state index contributed by atoms with van der Waals surface area (Å²) in [6, 6.07) is 0. The van der Waals surface area contributed by atoms with Gasteiger partial charge in [-0.25, -0.2) is 0 Å². The summed E-state index contributed by atoms with van der Waals surface area (Å²) in [5.41, 5.74) is 2.87. The number of nitrogens with zero attached hydrogens (tertiary/aromatic N) is 3. The summed E-state index contributed by atoms with van der Waals surface area (Å²) in [6.07, 6.45) is 4.11. The molecule has 1 N–H and O–H groups in total. The zero-order valence-electron chi connectivity index (χ0n) is 9.40. The molecule has 1 saturated carbocycles. The van der Waals surface area contributed by atoms with Crippen LogP contribution < -0.4 is 0 Å². The third kappa shape index (κ3) is 1.43. The van der Waals surface area contributed by atoms with Crippen LogP contribution in [0.1, 0.15) is 50.0 Å². The lowest BCUT2D eigenvalue weighted by atomic mass is 10.0. The number of H-pyrrole nitrogens is 1. The highest BCUT2D eigenvalue weighted by Gasteiger charge is 2.34. The summed E-state index contributed by atoms with van der Waals surface area (Å²) in [7, 11) is 0. The third-order valence-corrected chi connectivity index (χ3v) is 2.91. The molecule has 2 aromatic rings. The van der Waals surface area contributed by atoms with Gasteiger partial charge in [0, 0.05) is 5.92 Å². The smallest absolute Gasteiger partial charge is 0.149 e. The van der Waals surface area contributed by atoms with Crippen LogP contribution in [0.5, 0.6) is 0 Å². The summed E-state index contributed by atoms with van der Waals surface area (Å²) in [6.45, 7) is 4.22. The molecular weight excluding hydrogens is 204 g/mol. The van der Waals surface area contributed by atoms with Crippen molar-refractivity contribution in [1.82, 2.24) is 20.6 Å². The summed E-state index contributed by atoms with van der Waals surface area (Å²) < 4.78 is 5.47. The molecule has 0 aromatic carbocycles. The Morgan fingerprint density at radius 2 is 2.25 bits per heavy atom. The summed E-state index contributed by atoms with van der Waals surface area (Å²) in [5, 5.41) is 14.8. The fourth-order valence-electron chi connectivity index (χ4n) is 1.91. The predicted molar refractivity (Wildman–Crippen MR) is 57.9 cm³/mol. The van der Waals surface area contributed by atoms with Gasteiger partial charge in [0.05, 0.1) is 17.5 Å². The van der Waals surface area contributed by atoms with E-state index < -0.39 is 0 Å². The van der Waals surface area contributed by atoms with Crippen LogP contribution in [-0.4, -0.2) is 20.6 Å². The lowest BCUT2D eigenvalue weighted by Gasteiger charge is -2.02. The first kappa shape index (κ1) is 9.57. The quantitative estimate of drug-likeness (QED) is 0.859. The molecule has 1 fully saturated rings. The van der Waals surface area contributed by atoms with Gasteiger partial charge >= 0.3 is 0 Å². The van der Waals surface area contributed by atoms with Crippen LogP contribution in [0.4, 0.5) is 0 Å². The number of aromatic nitrogens is 4. The van der Waals surface area contributed by atoms with Crippen LogP contribution in [0.3, 0.4) is 0 Å². The first-order valence-electron chi connectivity index (χ1n) is 5.63. The van der Waals surface area contributed by atoms with E-state index in [1.165, 1.54) is 12.8 Å². The Balaban J connectivity index is 2.14. The van der Waals surface area contributed by atoms with Crippen LogP contribution in [0, 0.1) is 0 Å². The van der Waals surface area contributed by atoms with Gasteiger partial charge in [0.2, 0.25) is 0 Å². The monoisotopic (exact) mass is 218 g/mol. The number of aromatic amines is 1. The van der Waals surface area contributed by atoms with Crippen LogP contribution in [0.25, 0.3) is 11.3 Å². The standard InChI is InChI=1S/C11H14N4O/c1-6(2)10-9(8-5-12-15-13-8)11(16-14-10)7-3-4-7/h5-7H,3-4H2,1-2H3,(H,12,13,15). The van der Waals surface area contributed by atoms with Gasteiger partial charge in [-0.2, -0.15) is 15.4 Å². The van der Waals surface area contributed by atoms with Crippen molar-refractivity contribution in [3.8, 4) is 11.3 Å². The average Bonchev–Trinajstić information content (AvgIpc) is 2.82. The second-order valence-corrected chi connectivity index (χ2v) is 4.59. The number of hydrogen-bond donors (Lipinski definition) is 1. The zero-order chi connectivity index (χ0) is 11.1. The molecule has 0 spiro atoms. The fraction of sp³-hybridized carbons (Fsp3) is 0.545. The van der Waals surface area contributed by atoms with Crippen molar-refractivity contribution < 1.29 is 4.52 Å². The minimum atomic E-state index is 0.336. The van der Waals surface area contributed by atoms with Crippen molar-refractivity contribution in [1.29, 1.82) is 0 Å². The topological polar surface area (TPSA) is 67.6 Å². The Kier molecular flexibility index (Phi) is 2.05. The minimum absolute atomic E-state index is 0.336. The van der Waals surface area contributed by atoms with Crippen LogP contribution in [0.2, 0.25) is 0 Å². The molecule has 0 unspecified atom stereocenters. The van der Waals surface area contributed by atoms with Gasteiger partial charge in [0.15, 0.2) is 0 Å². The van der Waals surface area contributed by atoms with Crippen molar-refractivity contribution in [3.05, 3.63) is 17.7 Å². The predicted octanol–water partition coefficient (Wildman–Crippen LogP) is 2.46. The zero-order valence-corrected chi connectivity index (χ0v) is 9.40. The van der Waals surface area contributed by atoms with Crippen molar-refractivity contribution in [2.75, 3.05) is 0 Å². The Labute approximate surface area is 93.2 Å². The minimum Gasteiger partial charge on any atom is -0.360 e. The molecule has 84 valence electrons. The molecule has 0 atom stereocenters. The summed E-state index contributed by atoms with van der Waals surface area (Å²) >= 11 is 0. The second kappa shape index (κ2) is 3.43. The van der Waals surface area contributed by atoms with Crippen molar-refractivity contribution >= 4 is 0 Å². The number of nitrogens with one attached hydrogen (secondary N) is 1. The SMILES string of the molecule is CC(C)c1noc(C2CC2)c1-c1cn[nH]n1. The normalized spacial score (nSPS) is 15.9. The Bertz CT molecular complexity index is 463. The maximum atomic E-state index is 5.47. The number of rotatable bonds is 3. The highest BCUT2D eigenvalue weighted by Crippen LogP contribution is 2.46. The Morgan fingerprint density at radius 1 is 1.44 bits per heavy atom. The first-order valence-corrected chi connectivity index (χ1v) is 5.63. The largest absolute Gasteiger partial charge is 0.360 e. The van der Waals surface area contributed by atoms with Crippen LogP contribution >= 0.6 is 0 Å². The molecule has 2 aromatic heterocycles. The van der Waals surface area contributed by atoms with E-state index in [1.54, 1.807) is 6.20 Å². The number of hydrogen-bond acceptors (Lipinski definition) is 4. The molecule has 16 heavy (non-hydrogen) atoms. The summed E-state index contributed by atoms with van der Waals surface area (Å²) in [4.78, 5) is 0. The van der Waals surface area contributed by atoms with Gasteiger partial charge in [-0.15, -0.1) is 0 Å². The molecule has 0 radical (unpaired) electrons. The van der Waals surface area contributed by atoms with E-state index in [-0.39, 0.29) is 0 Å². The lowest BCUT2D eigenvalue weighted by Crippen LogP contribution is -1.92. The highest BCUT2D eigenvalue weighted by atomic mass is 16.5. The molecule has 5 nitrogen and oxygen atoms in total. The molecule has 0 bridgehead atoms. The molecule has 1 aliphatic carbocycles. The fourth-order valence-corrected chi connectivity index (χ4v) is 1.91. The Hall–Kier alpha value is -1.65. The Morgan fingerprint density at radius 3 is 2.81 bits per heavy atom. The second-order valence-electron chi connectivity index (χ2n) is 4.59. The molecular formula is C11H14N4O. The van der Waals surface area contributed by atoms with Crippen LogP contribution in [-0.2, 0) is 0 Å². The molecule has 5 heteroatoms.